The number of aliphatic imine (C=N–C) groups is 1. The lowest BCUT2D eigenvalue weighted by atomic mass is 10.1. The number of aromatic nitrogens is 2. The molecule has 0 unspecified atom stereocenters. The van der Waals surface area contributed by atoms with Gasteiger partial charge in [0, 0.05) is 40.1 Å². The minimum atomic E-state index is -0.806. The molecule has 12 heteroatoms. The lowest BCUT2D eigenvalue weighted by Crippen LogP contribution is -2.30. The van der Waals surface area contributed by atoms with Crippen molar-refractivity contribution in [3.8, 4) is 11.3 Å². The lowest BCUT2D eigenvalue weighted by molar-refractivity contribution is -0.116. The smallest absolute Gasteiger partial charge is 0.254 e. The van der Waals surface area contributed by atoms with E-state index < -0.39 is 5.91 Å². The van der Waals surface area contributed by atoms with Crippen molar-refractivity contribution in [1.29, 1.82) is 0 Å². The number of carbonyl (C=O) groups excluding carboxylic acids is 2. The Bertz CT molecular complexity index is 1310. The van der Waals surface area contributed by atoms with E-state index in [1.165, 1.54) is 6.20 Å². The van der Waals surface area contributed by atoms with Gasteiger partial charge in [0.05, 0.1) is 17.1 Å². The molecule has 182 valence electrons. The van der Waals surface area contributed by atoms with Crippen molar-refractivity contribution in [3.63, 3.8) is 0 Å². The quantitative estimate of drug-likeness (QED) is 0.202. The molecule has 7 N–H and O–H groups in total. The maximum absolute atomic E-state index is 12.4. The van der Waals surface area contributed by atoms with Crippen molar-refractivity contribution < 1.29 is 14.1 Å². The van der Waals surface area contributed by atoms with Crippen molar-refractivity contribution in [2.75, 3.05) is 5.32 Å². The summed E-state index contributed by atoms with van der Waals surface area (Å²) in [6.45, 7) is 3.60. The van der Waals surface area contributed by atoms with Gasteiger partial charge in [-0.25, -0.2) is 0 Å². The normalized spacial score (nSPS) is 12.4. The Kier molecular flexibility index (Phi) is 8.10. The maximum Gasteiger partial charge on any atom is 0.254 e. The molecule has 0 aliphatic heterocycles. The van der Waals surface area contributed by atoms with E-state index >= 15 is 0 Å². The van der Waals surface area contributed by atoms with E-state index in [1.807, 2.05) is 0 Å². The van der Waals surface area contributed by atoms with Crippen molar-refractivity contribution in [3.05, 3.63) is 69.5 Å². The van der Waals surface area contributed by atoms with Crippen LogP contribution in [0.5, 0.6) is 0 Å². The molecule has 10 nitrogen and oxygen atoms in total. The van der Waals surface area contributed by atoms with E-state index in [1.54, 1.807) is 50.2 Å². The second kappa shape index (κ2) is 11.0. The van der Waals surface area contributed by atoms with Crippen LogP contribution in [0.2, 0.25) is 10.0 Å². The molecule has 0 aliphatic rings. The first kappa shape index (κ1) is 25.7. The zero-order chi connectivity index (χ0) is 25.7. The van der Waals surface area contributed by atoms with Gasteiger partial charge >= 0.3 is 0 Å². The van der Waals surface area contributed by atoms with Gasteiger partial charge in [-0.05, 0) is 44.2 Å². The van der Waals surface area contributed by atoms with E-state index in [2.05, 4.69) is 20.4 Å². The average Bonchev–Trinajstić information content (AvgIpc) is 3.21. The van der Waals surface area contributed by atoms with Crippen LogP contribution in [-0.4, -0.2) is 33.8 Å². The van der Waals surface area contributed by atoms with Crippen LogP contribution in [0.3, 0.4) is 0 Å². The van der Waals surface area contributed by atoms with Crippen molar-refractivity contribution in [2.45, 2.75) is 26.3 Å². The molecule has 2 amide bonds. The fraction of sp³-hybridized carbons (Fsp3) is 0.174. The number of hydrogen-bond acceptors (Lipinski definition) is 7. The largest absolute Gasteiger partial charge is 0.397 e. The highest BCUT2D eigenvalue weighted by Crippen LogP contribution is 2.31. The van der Waals surface area contributed by atoms with Crippen molar-refractivity contribution in [2.24, 2.45) is 22.2 Å². The summed E-state index contributed by atoms with van der Waals surface area (Å²) in [5.41, 5.74) is 19.3. The number of nitrogens with zero attached hydrogens (tertiary/aromatic N) is 3. The zero-order valence-electron chi connectivity index (χ0n) is 18.9. The van der Waals surface area contributed by atoms with Crippen LogP contribution in [0, 0.1) is 0 Å². The van der Waals surface area contributed by atoms with Gasteiger partial charge in [0.1, 0.15) is 17.1 Å². The Morgan fingerprint density at radius 1 is 1.11 bits per heavy atom. The Morgan fingerprint density at radius 2 is 1.86 bits per heavy atom. The predicted molar refractivity (Wildman–Crippen MR) is 136 cm³/mol. The van der Waals surface area contributed by atoms with E-state index in [-0.39, 0.29) is 41.4 Å². The van der Waals surface area contributed by atoms with Gasteiger partial charge in [-0.15, -0.1) is 0 Å². The van der Waals surface area contributed by atoms with Crippen LogP contribution in [0.15, 0.2) is 57.7 Å². The SMILES string of the molecule is CC(C)N=C(N)/C(C(N)=O)=C(\N)c1ccc(CC(=O)Nc2cc(-c3ccc(Cl)cc3Cl)no2)nc1. The number of primary amides is 1. The molecule has 2 aromatic heterocycles. The Morgan fingerprint density at radius 3 is 2.46 bits per heavy atom. The Hall–Kier alpha value is -3.89. The number of amidine groups is 1. The Balaban J connectivity index is 1.70. The minimum Gasteiger partial charge on any atom is -0.397 e. The number of amides is 2. The maximum atomic E-state index is 12.4. The van der Waals surface area contributed by atoms with Crippen molar-refractivity contribution >= 4 is 52.4 Å². The van der Waals surface area contributed by atoms with E-state index in [0.29, 0.717) is 32.6 Å². The van der Waals surface area contributed by atoms with Crippen LogP contribution in [0.1, 0.15) is 25.1 Å². The molecule has 0 spiro atoms. The number of nitrogens with two attached hydrogens (primary N) is 3. The molecule has 0 fully saturated rings. The second-order valence-corrected chi connectivity index (χ2v) is 8.57. The molecular weight excluding hydrogens is 493 g/mol. The number of halogens is 2. The predicted octanol–water partition coefficient (Wildman–Crippen LogP) is 3.15. The summed E-state index contributed by atoms with van der Waals surface area (Å²) in [6.07, 6.45) is 1.36. The van der Waals surface area contributed by atoms with Crippen molar-refractivity contribution in [1.82, 2.24) is 10.1 Å². The van der Waals surface area contributed by atoms with Gasteiger partial charge in [0.15, 0.2) is 0 Å². The van der Waals surface area contributed by atoms with E-state index in [4.69, 9.17) is 44.9 Å². The summed E-state index contributed by atoms with van der Waals surface area (Å²) >= 11 is 12.1. The number of carbonyl (C=O) groups is 2. The van der Waals surface area contributed by atoms with Gasteiger partial charge in [-0.2, -0.15) is 0 Å². The monoisotopic (exact) mass is 515 g/mol. The molecular formula is C23H23Cl2N7O3. The third kappa shape index (κ3) is 6.58. The number of rotatable bonds is 8. The molecule has 0 bridgehead atoms. The van der Waals surface area contributed by atoms with Gasteiger partial charge in [-0.1, -0.05) is 28.4 Å². The highest BCUT2D eigenvalue weighted by Gasteiger charge is 2.18. The second-order valence-electron chi connectivity index (χ2n) is 7.72. The molecule has 1 aromatic carbocycles. The number of anilines is 1. The average molecular weight is 516 g/mol. The summed E-state index contributed by atoms with van der Waals surface area (Å²) in [5, 5.41) is 7.42. The van der Waals surface area contributed by atoms with Gasteiger partial charge in [0.2, 0.25) is 11.8 Å². The third-order valence-electron chi connectivity index (χ3n) is 4.63. The highest BCUT2D eigenvalue weighted by molar-refractivity contribution is 6.36. The molecule has 0 atom stereocenters. The standard InChI is InChI=1S/C23H23Cl2N7O3/c1-11(2)30-22(27)20(23(28)34)21(26)12-3-5-14(29-10-12)8-18(33)31-19-9-17(32-35-19)15-6-4-13(24)7-16(15)25/h3-7,9-11H,8,26H2,1-2H3,(H2,27,30)(H2,28,34)(H,31,33)/b21-20+. The number of pyridine rings is 1. The first-order valence-electron chi connectivity index (χ1n) is 10.4. The van der Waals surface area contributed by atoms with Crippen LogP contribution >= 0.6 is 23.2 Å². The molecule has 0 saturated heterocycles. The Labute approximate surface area is 211 Å². The fourth-order valence-corrected chi connectivity index (χ4v) is 3.58. The molecule has 3 rings (SSSR count). The number of nitrogens with one attached hydrogen (secondary N) is 1. The summed E-state index contributed by atoms with van der Waals surface area (Å²) in [5.74, 6) is -1.10. The van der Waals surface area contributed by atoms with Crippen LogP contribution in [0.25, 0.3) is 17.0 Å². The first-order chi connectivity index (χ1) is 16.5. The number of benzene rings is 1. The van der Waals surface area contributed by atoms with Crippen LogP contribution in [-0.2, 0) is 16.0 Å². The highest BCUT2D eigenvalue weighted by atomic mass is 35.5. The molecule has 0 radical (unpaired) electrons. The molecule has 0 saturated carbocycles. The first-order valence-corrected chi connectivity index (χ1v) is 11.1. The van der Waals surface area contributed by atoms with Crippen LogP contribution in [0.4, 0.5) is 5.88 Å². The molecule has 2 heterocycles. The molecule has 35 heavy (non-hydrogen) atoms. The molecule has 0 aliphatic carbocycles. The summed E-state index contributed by atoms with van der Waals surface area (Å²) < 4.78 is 5.18. The van der Waals surface area contributed by atoms with E-state index in [0.717, 1.165) is 0 Å². The van der Waals surface area contributed by atoms with Crippen LogP contribution < -0.4 is 22.5 Å². The van der Waals surface area contributed by atoms with Gasteiger partial charge in [-0.3, -0.25) is 24.9 Å². The molecule has 3 aromatic rings. The van der Waals surface area contributed by atoms with Gasteiger partial charge < -0.3 is 21.7 Å². The summed E-state index contributed by atoms with van der Waals surface area (Å²) in [7, 11) is 0. The van der Waals surface area contributed by atoms with Gasteiger partial charge in [0.25, 0.3) is 5.91 Å². The zero-order valence-corrected chi connectivity index (χ0v) is 20.4. The summed E-state index contributed by atoms with van der Waals surface area (Å²) in [6, 6.07) is 9.54. The van der Waals surface area contributed by atoms with E-state index in [9.17, 15) is 9.59 Å². The number of hydrogen-bond donors (Lipinski definition) is 4. The summed E-state index contributed by atoms with van der Waals surface area (Å²) in [4.78, 5) is 32.7. The minimum absolute atomic E-state index is 0.0398. The topological polar surface area (TPSA) is 176 Å². The lowest BCUT2D eigenvalue weighted by Gasteiger charge is -2.10. The third-order valence-corrected chi connectivity index (χ3v) is 5.17. The fourth-order valence-electron chi connectivity index (χ4n) is 3.08.